The molecule has 3 nitrogen and oxygen atoms in total. The summed E-state index contributed by atoms with van der Waals surface area (Å²) < 4.78 is 0. The van der Waals surface area contributed by atoms with Crippen molar-refractivity contribution in [3.63, 3.8) is 0 Å². The number of hydrogen-bond donors (Lipinski definition) is 1. The van der Waals surface area contributed by atoms with Crippen molar-refractivity contribution >= 4 is 17.4 Å². The van der Waals surface area contributed by atoms with Gasteiger partial charge in [-0.1, -0.05) is 30.3 Å². The minimum absolute atomic E-state index is 0.0142. The number of carbonyl (C=O) groups is 2. The molecule has 0 unspecified atom stereocenters. The molecule has 1 N–H and O–H groups in total. The molecule has 1 aliphatic heterocycles. The number of aryl methyl sites for hydroxylation is 1. The summed E-state index contributed by atoms with van der Waals surface area (Å²) >= 11 is 0. The highest BCUT2D eigenvalue weighted by Crippen LogP contribution is 2.24. The van der Waals surface area contributed by atoms with E-state index in [2.05, 4.69) is 5.32 Å². The second-order valence-corrected chi connectivity index (χ2v) is 4.62. The Morgan fingerprint density at radius 2 is 1.74 bits per heavy atom. The van der Waals surface area contributed by atoms with E-state index in [0.29, 0.717) is 24.0 Å². The standard InChI is InChI=1S/C16H13NO2/c18-15-9-7-12-10-13(6-8-14(12)17-15)16(19)11-4-2-1-3-5-11/h1-6,8,10H,7,9H2,(H,17,18). The number of benzene rings is 2. The van der Waals surface area contributed by atoms with Gasteiger partial charge in [0.2, 0.25) is 5.91 Å². The molecule has 94 valence electrons. The Balaban J connectivity index is 1.95. The van der Waals surface area contributed by atoms with Crippen LogP contribution in [0.15, 0.2) is 48.5 Å². The third kappa shape index (κ3) is 2.27. The van der Waals surface area contributed by atoms with Crippen molar-refractivity contribution in [2.24, 2.45) is 0 Å². The van der Waals surface area contributed by atoms with E-state index in [0.717, 1.165) is 11.3 Å². The monoisotopic (exact) mass is 251 g/mol. The number of fused-ring (bicyclic) bond motifs is 1. The molecule has 0 aromatic heterocycles. The lowest BCUT2D eigenvalue weighted by atomic mass is 9.96. The minimum Gasteiger partial charge on any atom is -0.326 e. The zero-order chi connectivity index (χ0) is 13.2. The first-order valence-corrected chi connectivity index (χ1v) is 6.26. The van der Waals surface area contributed by atoms with Gasteiger partial charge in [-0.05, 0) is 30.2 Å². The largest absolute Gasteiger partial charge is 0.326 e. The van der Waals surface area contributed by atoms with Gasteiger partial charge in [0.05, 0.1) is 0 Å². The smallest absolute Gasteiger partial charge is 0.224 e. The van der Waals surface area contributed by atoms with Gasteiger partial charge in [-0.3, -0.25) is 9.59 Å². The molecule has 19 heavy (non-hydrogen) atoms. The molecule has 2 aromatic carbocycles. The van der Waals surface area contributed by atoms with Crippen molar-refractivity contribution in [3.05, 3.63) is 65.2 Å². The fourth-order valence-corrected chi connectivity index (χ4v) is 2.28. The molecule has 0 radical (unpaired) electrons. The maximum atomic E-state index is 12.3. The summed E-state index contributed by atoms with van der Waals surface area (Å²) in [4.78, 5) is 23.6. The van der Waals surface area contributed by atoms with Crippen LogP contribution in [0.2, 0.25) is 0 Å². The summed E-state index contributed by atoms with van der Waals surface area (Å²) in [6.45, 7) is 0. The molecular weight excluding hydrogens is 238 g/mol. The first kappa shape index (κ1) is 11.7. The molecule has 0 saturated heterocycles. The zero-order valence-corrected chi connectivity index (χ0v) is 10.3. The van der Waals surface area contributed by atoms with Crippen LogP contribution in [0.4, 0.5) is 5.69 Å². The van der Waals surface area contributed by atoms with Gasteiger partial charge in [-0.25, -0.2) is 0 Å². The van der Waals surface area contributed by atoms with Crippen molar-refractivity contribution in [3.8, 4) is 0 Å². The number of anilines is 1. The Morgan fingerprint density at radius 3 is 2.53 bits per heavy atom. The highest BCUT2D eigenvalue weighted by molar-refractivity contribution is 6.09. The molecule has 0 bridgehead atoms. The third-order valence-electron chi connectivity index (χ3n) is 3.30. The fraction of sp³-hybridized carbons (Fsp3) is 0.125. The number of amides is 1. The van der Waals surface area contributed by atoms with Crippen LogP contribution in [0.5, 0.6) is 0 Å². The van der Waals surface area contributed by atoms with Crippen LogP contribution < -0.4 is 5.32 Å². The van der Waals surface area contributed by atoms with Crippen LogP contribution in [0.3, 0.4) is 0 Å². The van der Waals surface area contributed by atoms with E-state index in [9.17, 15) is 9.59 Å². The van der Waals surface area contributed by atoms with Gasteiger partial charge in [-0.15, -0.1) is 0 Å². The number of ketones is 1. The lowest BCUT2D eigenvalue weighted by Crippen LogP contribution is -2.19. The number of carbonyl (C=O) groups excluding carboxylic acids is 2. The van der Waals surface area contributed by atoms with Crippen LogP contribution in [-0.4, -0.2) is 11.7 Å². The first-order chi connectivity index (χ1) is 9.24. The van der Waals surface area contributed by atoms with Crippen LogP contribution >= 0.6 is 0 Å². The Bertz CT molecular complexity index is 647. The lowest BCUT2D eigenvalue weighted by molar-refractivity contribution is -0.116. The predicted molar refractivity (Wildman–Crippen MR) is 73.3 cm³/mol. The van der Waals surface area contributed by atoms with E-state index in [1.54, 1.807) is 6.07 Å². The van der Waals surface area contributed by atoms with Gasteiger partial charge in [-0.2, -0.15) is 0 Å². The molecule has 3 rings (SSSR count). The topological polar surface area (TPSA) is 46.2 Å². The van der Waals surface area contributed by atoms with E-state index in [1.807, 2.05) is 42.5 Å². The third-order valence-corrected chi connectivity index (χ3v) is 3.30. The normalized spacial score (nSPS) is 13.6. The molecule has 0 aliphatic carbocycles. The summed E-state index contributed by atoms with van der Waals surface area (Å²) in [6, 6.07) is 14.7. The average Bonchev–Trinajstić information content (AvgIpc) is 2.47. The van der Waals surface area contributed by atoms with E-state index in [4.69, 9.17) is 0 Å². The number of nitrogens with one attached hydrogen (secondary N) is 1. The van der Waals surface area contributed by atoms with Crippen LogP contribution in [0.1, 0.15) is 27.9 Å². The maximum Gasteiger partial charge on any atom is 0.224 e. The van der Waals surface area contributed by atoms with E-state index < -0.39 is 0 Å². The molecule has 1 amide bonds. The molecule has 0 spiro atoms. The summed E-state index contributed by atoms with van der Waals surface area (Å²) in [6.07, 6.45) is 1.17. The molecule has 2 aromatic rings. The Hall–Kier alpha value is -2.42. The van der Waals surface area contributed by atoms with E-state index in [-0.39, 0.29) is 11.7 Å². The minimum atomic E-state index is 0.0142. The van der Waals surface area contributed by atoms with Crippen LogP contribution in [-0.2, 0) is 11.2 Å². The Labute approximate surface area is 111 Å². The van der Waals surface area contributed by atoms with Crippen LogP contribution in [0.25, 0.3) is 0 Å². The molecule has 0 saturated carbocycles. The predicted octanol–water partition coefficient (Wildman–Crippen LogP) is 2.80. The van der Waals surface area contributed by atoms with E-state index >= 15 is 0 Å². The van der Waals surface area contributed by atoms with Gasteiger partial charge < -0.3 is 5.32 Å². The number of hydrogen-bond acceptors (Lipinski definition) is 2. The van der Waals surface area contributed by atoms with Crippen LogP contribution in [0, 0.1) is 0 Å². The summed E-state index contributed by atoms with van der Waals surface area (Å²) in [7, 11) is 0. The van der Waals surface area contributed by atoms with Gasteiger partial charge >= 0.3 is 0 Å². The second kappa shape index (κ2) is 4.69. The summed E-state index contributed by atoms with van der Waals surface area (Å²) in [5, 5.41) is 2.82. The molecule has 1 aliphatic rings. The second-order valence-electron chi connectivity index (χ2n) is 4.62. The quantitative estimate of drug-likeness (QED) is 0.834. The van der Waals surface area contributed by atoms with Crippen molar-refractivity contribution in [1.29, 1.82) is 0 Å². The van der Waals surface area contributed by atoms with Crippen molar-refractivity contribution < 1.29 is 9.59 Å². The summed E-state index contributed by atoms with van der Waals surface area (Å²) in [5.41, 5.74) is 3.20. The fourth-order valence-electron chi connectivity index (χ4n) is 2.28. The van der Waals surface area contributed by atoms with Gasteiger partial charge in [0.25, 0.3) is 0 Å². The van der Waals surface area contributed by atoms with Crippen molar-refractivity contribution in [2.45, 2.75) is 12.8 Å². The SMILES string of the molecule is O=C1CCc2cc(C(=O)c3ccccc3)ccc2N1. The first-order valence-electron chi connectivity index (χ1n) is 6.26. The van der Waals surface area contributed by atoms with Gasteiger partial charge in [0.1, 0.15) is 0 Å². The highest BCUT2D eigenvalue weighted by Gasteiger charge is 2.17. The Kier molecular flexibility index (Phi) is 2.88. The molecule has 3 heteroatoms. The highest BCUT2D eigenvalue weighted by atomic mass is 16.1. The lowest BCUT2D eigenvalue weighted by Gasteiger charge is -2.17. The molecular formula is C16H13NO2. The maximum absolute atomic E-state index is 12.3. The molecule has 0 atom stereocenters. The molecule has 1 heterocycles. The number of rotatable bonds is 2. The van der Waals surface area contributed by atoms with E-state index in [1.165, 1.54) is 0 Å². The zero-order valence-electron chi connectivity index (χ0n) is 10.3. The average molecular weight is 251 g/mol. The van der Waals surface area contributed by atoms with Crippen molar-refractivity contribution in [1.82, 2.24) is 0 Å². The van der Waals surface area contributed by atoms with Gasteiger partial charge in [0, 0.05) is 23.2 Å². The van der Waals surface area contributed by atoms with Gasteiger partial charge in [0.15, 0.2) is 5.78 Å². The molecule has 0 fully saturated rings. The summed E-state index contributed by atoms with van der Waals surface area (Å²) in [5.74, 6) is 0.0509. The van der Waals surface area contributed by atoms with Crippen molar-refractivity contribution in [2.75, 3.05) is 5.32 Å². The Morgan fingerprint density at radius 1 is 0.947 bits per heavy atom.